The Kier molecular flexibility index (Phi) is 1.41. The fourth-order valence-corrected chi connectivity index (χ4v) is 2.23. The predicted molar refractivity (Wildman–Crippen MR) is 51.2 cm³/mol. The van der Waals surface area contributed by atoms with E-state index in [4.69, 9.17) is 16.3 Å². The zero-order valence-electron chi connectivity index (χ0n) is 7.14. The Hall–Kier alpha value is -0.730. The van der Waals surface area contributed by atoms with Crippen molar-refractivity contribution in [1.82, 2.24) is 5.32 Å². The molecule has 3 heteroatoms. The average Bonchev–Trinajstić information content (AvgIpc) is 2.41. The quantitative estimate of drug-likeness (QED) is 0.683. The Labute approximate surface area is 81.8 Å². The molecule has 1 spiro atoms. The fourth-order valence-electron chi connectivity index (χ4n) is 2.07. The Morgan fingerprint density at radius 1 is 1.46 bits per heavy atom. The number of rotatable bonds is 0. The maximum absolute atomic E-state index is 5.88. The van der Waals surface area contributed by atoms with Crippen molar-refractivity contribution in [2.24, 2.45) is 0 Å². The van der Waals surface area contributed by atoms with E-state index in [-0.39, 0.29) is 5.54 Å². The Balaban J connectivity index is 2.11. The van der Waals surface area contributed by atoms with E-state index in [9.17, 15) is 0 Å². The van der Waals surface area contributed by atoms with E-state index in [0.29, 0.717) is 0 Å². The molecule has 0 bridgehead atoms. The highest BCUT2D eigenvalue weighted by Gasteiger charge is 2.45. The van der Waals surface area contributed by atoms with Gasteiger partial charge in [0.2, 0.25) is 0 Å². The van der Waals surface area contributed by atoms with Crippen molar-refractivity contribution in [2.45, 2.75) is 12.0 Å². The molecule has 2 aliphatic heterocycles. The molecule has 2 heterocycles. The summed E-state index contributed by atoms with van der Waals surface area (Å²) in [5, 5.41) is 4.17. The van der Waals surface area contributed by atoms with Crippen LogP contribution in [0, 0.1) is 0 Å². The standard InChI is InChI=1S/C10H10ClNO/c11-7-1-2-8-9(5-7)13-6-10(8)3-4-12-10/h1-2,5,12H,3-4,6H2/t10-/m0/s1. The molecule has 13 heavy (non-hydrogen) atoms. The van der Waals surface area contributed by atoms with Gasteiger partial charge in [-0.05, 0) is 25.1 Å². The van der Waals surface area contributed by atoms with Crippen molar-refractivity contribution in [3.63, 3.8) is 0 Å². The Bertz CT molecular complexity index is 360. The lowest BCUT2D eigenvalue weighted by Gasteiger charge is -2.38. The van der Waals surface area contributed by atoms with E-state index >= 15 is 0 Å². The number of benzene rings is 1. The second kappa shape index (κ2) is 2.40. The van der Waals surface area contributed by atoms with E-state index in [0.717, 1.165) is 23.9 Å². The zero-order chi connectivity index (χ0) is 8.89. The first-order valence-corrected chi connectivity index (χ1v) is 4.86. The van der Waals surface area contributed by atoms with E-state index in [1.165, 1.54) is 12.0 Å². The summed E-state index contributed by atoms with van der Waals surface area (Å²) >= 11 is 5.88. The van der Waals surface area contributed by atoms with Crippen LogP contribution >= 0.6 is 11.6 Å². The molecule has 1 aromatic carbocycles. The molecule has 1 N–H and O–H groups in total. The zero-order valence-corrected chi connectivity index (χ0v) is 7.90. The van der Waals surface area contributed by atoms with E-state index in [1.807, 2.05) is 12.1 Å². The van der Waals surface area contributed by atoms with Crippen LogP contribution in [0.1, 0.15) is 12.0 Å². The second-order valence-corrected chi connectivity index (χ2v) is 4.12. The maximum atomic E-state index is 5.88. The molecule has 0 amide bonds. The van der Waals surface area contributed by atoms with Crippen LogP contribution in [0.5, 0.6) is 5.75 Å². The average molecular weight is 196 g/mol. The van der Waals surface area contributed by atoms with Gasteiger partial charge < -0.3 is 10.1 Å². The lowest BCUT2D eigenvalue weighted by atomic mass is 9.83. The van der Waals surface area contributed by atoms with Crippen LogP contribution in [0.25, 0.3) is 0 Å². The van der Waals surface area contributed by atoms with Crippen molar-refractivity contribution in [2.75, 3.05) is 13.2 Å². The van der Waals surface area contributed by atoms with Crippen molar-refractivity contribution < 1.29 is 4.74 Å². The van der Waals surface area contributed by atoms with Crippen molar-refractivity contribution >= 4 is 11.6 Å². The molecule has 1 fully saturated rings. The van der Waals surface area contributed by atoms with Gasteiger partial charge in [0.25, 0.3) is 0 Å². The van der Waals surface area contributed by atoms with Crippen LogP contribution in [-0.4, -0.2) is 13.2 Å². The second-order valence-electron chi connectivity index (χ2n) is 3.69. The normalized spacial score (nSPS) is 29.6. The molecule has 0 unspecified atom stereocenters. The largest absolute Gasteiger partial charge is 0.491 e. The van der Waals surface area contributed by atoms with Crippen molar-refractivity contribution in [3.05, 3.63) is 28.8 Å². The minimum atomic E-state index is 0.111. The first-order chi connectivity index (χ1) is 6.30. The SMILES string of the molecule is Clc1ccc2c(c1)OC[C@@]21CCN1. The summed E-state index contributed by atoms with van der Waals surface area (Å²) in [4.78, 5) is 0. The summed E-state index contributed by atoms with van der Waals surface area (Å²) in [5.41, 5.74) is 1.38. The smallest absolute Gasteiger partial charge is 0.126 e. The Morgan fingerprint density at radius 2 is 2.31 bits per heavy atom. The number of fused-ring (bicyclic) bond motifs is 2. The van der Waals surface area contributed by atoms with Gasteiger partial charge >= 0.3 is 0 Å². The van der Waals surface area contributed by atoms with Gasteiger partial charge in [0, 0.05) is 10.6 Å². The summed E-state index contributed by atoms with van der Waals surface area (Å²) in [6.45, 7) is 1.84. The van der Waals surface area contributed by atoms with E-state index in [1.54, 1.807) is 0 Å². The molecule has 3 rings (SSSR count). The highest BCUT2D eigenvalue weighted by atomic mass is 35.5. The summed E-state index contributed by atoms with van der Waals surface area (Å²) in [5.74, 6) is 0.944. The van der Waals surface area contributed by atoms with Crippen LogP contribution in [0.4, 0.5) is 0 Å². The summed E-state index contributed by atoms with van der Waals surface area (Å²) < 4.78 is 5.59. The third-order valence-corrected chi connectivity index (χ3v) is 3.18. The van der Waals surface area contributed by atoms with Crippen LogP contribution in [0.3, 0.4) is 0 Å². The Morgan fingerprint density at radius 3 is 3.00 bits per heavy atom. The van der Waals surface area contributed by atoms with Gasteiger partial charge in [-0.3, -0.25) is 0 Å². The summed E-state index contributed by atoms with van der Waals surface area (Å²) in [7, 11) is 0. The number of ether oxygens (including phenoxy) is 1. The maximum Gasteiger partial charge on any atom is 0.126 e. The molecule has 1 atom stereocenters. The lowest BCUT2D eigenvalue weighted by molar-refractivity contribution is 0.154. The molecule has 0 aromatic heterocycles. The summed E-state index contributed by atoms with van der Waals surface area (Å²) in [6, 6.07) is 5.89. The summed E-state index contributed by atoms with van der Waals surface area (Å²) in [6.07, 6.45) is 1.17. The van der Waals surface area contributed by atoms with Crippen molar-refractivity contribution in [3.8, 4) is 5.75 Å². The topological polar surface area (TPSA) is 21.3 Å². The molecule has 0 radical (unpaired) electrons. The fraction of sp³-hybridized carbons (Fsp3) is 0.400. The van der Waals surface area contributed by atoms with Crippen molar-refractivity contribution in [1.29, 1.82) is 0 Å². The molecule has 2 aliphatic rings. The van der Waals surface area contributed by atoms with E-state index < -0.39 is 0 Å². The minimum Gasteiger partial charge on any atom is -0.491 e. The van der Waals surface area contributed by atoms with Gasteiger partial charge in [-0.25, -0.2) is 0 Å². The molecule has 68 valence electrons. The molecule has 2 nitrogen and oxygen atoms in total. The van der Waals surface area contributed by atoms with Crippen LogP contribution in [-0.2, 0) is 5.54 Å². The van der Waals surface area contributed by atoms with Gasteiger partial charge in [-0.2, -0.15) is 0 Å². The molecular formula is C10H10ClNO. The molecule has 0 aliphatic carbocycles. The monoisotopic (exact) mass is 195 g/mol. The van der Waals surface area contributed by atoms with Crippen LogP contribution in [0.15, 0.2) is 18.2 Å². The van der Waals surface area contributed by atoms with Gasteiger partial charge in [0.15, 0.2) is 0 Å². The minimum absolute atomic E-state index is 0.111. The third-order valence-electron chi connectivity index (χ3n) is 2.95. The highest BCUT2D eigenvalue weighted by Crippen LogP contribution is 2.43. The predicted octanol–water partition coefficient (Wildman–Crippen LogP) is 1.92. The van der Waals surface area contributed by atoms with E-state index in [2.05, 4.69) is 11.4 Å². The van der Waals surface area contributed by atoms with Gasteiger partial charge in [0.1, 0.15) is 12.4 Å². The van der Waals surface area contributed by atoms with Gasteiger partial charge in [-0.15, -0.1) is 0 Å². The van der Waals surface area contributed by atoms with Crippen LogP contribution in [0.2, 0.25) is 5.02 Å². The first-order valence-electron chi connectivity index (χ1n) is 4.48. The molecule has 1 saturated heterocycles. The lowest BCUT2D eigenvalue weighted by Crippen LogP contribution is -2.55. The first kappa shape index (κ1) is 7.65. The number of halogens is 1. The molecular weight excluding hydrogens is 186 g/mol. The number of nitrogens with one attached hydrogen (secondary N) is 1. The molecule has 1 aromatic rings. The van der Waals surface area contributed by atoms with Gasteiger partial charge in [0.05, 0.1) is 5.54 Å². The number of hydrogen-bond acceptors (Lipinski definition) is 2. The highest BCUT2D eigenvalue weighted by molar-refractivity contribution is 6.30. The number of hydrogen-bond donors (Lipinski definition) is 1. The third kappa shape index (κ3) is 0.930. The molecule has 0 saturated carbocycles. The van der Waals surface area contributed by atoms with Gasteiger partial charge in [-0.1, -0.05) is 17.7 Å². The van der Waals surface area contributed by atoms with Crippen LogP contribution < -0.4 is 10.1 Å².